The van der Waals surface area contributed by atoms with Crippen molar-refractivity contribution in [2.45, 2.75) is 13.0 Å². The lowest BCUT2D eigenvalue weighted by molar-refractivity contribution is -0.384. The van der Waals surface area contributed by atoms with Crippen molar-refractivity contribution in [2.24, 2.45) is 0 Å². The van der Waals surface area contributed by atoms with Crippen molar-refractivity contribution in [3.63, 3.8) is 0 Å². The molecule has 20 heavy (non-hydrogen) atoms. The van der Waals surface area contributed by atoms with Gasteiger partial charge in [-0.05, 0) is 18.6 Å². The molecule has 1 fully saturated rings. The quantitative estimate of drug-likeness (QED) is 0.622. The smallest absolute Gasteiger partial charge is 0.269 e. The van der Waals surface area contributed by atoms with E-state index >= 15 is 0 Å². The topological polar surface area (TPSA) is 93.5 Å². The van der Waals surface area contributed by atoms with Crippen LogP contribution >= 0.6 is 0 Å². The lowest BCUT2D eigenvalue weighted by atomic mass is 10.1. The summed E-state index contributed by atoms with van der Waals surface area (Å²) in [6.45, 7) is 4.18. The maximum absolute atomic E-state index is 12.0. The molecule has 0 aliphatic carbocycles. The average Bonchev–Trinajstić information content (AvgIpc) is 2.45. The second-order valence-electron chi connectivity index (χ2n) is 4.69. The minimum absolute atomic E-state index is 0.0126. The van der Waals surface area contributed by atoms with Gasteiger partial charge in [-0.1, -0.05) is 0 Å². The second kappa shape index (κ2) is 6.44. The van der Waals surface area contributed by atoms with E-state index in [1.807, 2.05) is 0 Å². The summed E-state index contributed by atoms with van der Waals surface area (Å²) >= 11 is 0. The highest BCUT2D eigenvalue weighted by atomic mass is 16.6. The normalized spacial score (nSPS) is 18.6. The van der Waals surface area contributed by atoms with Gasteiger partial charge in [0, 0.05) is 36.8 Å². The predicted octanol–water partition coefficient (Wildman–Crippen LogP) is 0.621. The molecule has 1 aromatic rings. The summed E-state index contributed by atoms with van der Waals surface area (Å²) in [5.41, 5.74) is 1.03. The number of benzene rings is 1. The zero-order valence-electron chi connectivity index (χ0n) is 11.2. The van der Waals surface area contributed by atoms with Crippen molar-refractivity contribution >= 4 is 11.6 Å². The first-order chi connectivity index (χ1) is 9.58. The fourth-order valence-corrected chi connectivity index (χ4v) is 2.08. The minimum Gasteiger partial charge on any atom is -0.378 e. The number of rotatable bonds is 4. The third-order valence-electron chi connectivity index (χ3n) is 3.17. The molecule has 0 aromatic heterocycles. The van der Waals surface area contributed by atoms with Crippen molar-refractivity contribution in [3.8, 4) is 0 Å². The number of hydrogen-bond donors (Lipinski definition) is 2. The number of nitro benzene ring substituents is 1. The van der Waals surface area contributed by atoms with E-state index in [9.17, 15) is 14.9 Å². The van der Waals surface area contributed by atoms with Crippen LogP contribution in [0.4, 0.5) is 5.69 Å². The SMILES string of the molecule is Cc1cc([N+](=O)[O-])ccc1C(=O)NCC1COCCN1. The number of non-ortho nitro benzene ring substituents is 1. The number of carbonyl (C=O) groups excluding carboxylic acids is 1. The molecule has 1 aliphatic rings. The first kappa shape index (κ1) is 14.4. The van der Waals surface area contributed by atoms with E-state index in [0.29, 0.717) is 30.9 Å². The third kappa shape index (κ3) is 3.52. The number of amides is 1. The molecule has 7 heteroatoms. The standard InChI is InChI=1S/C13H17N3O4/c1-9-6-11(16(18)19)2-3-12(9)13(17)15-7-10-8-20-5-4-14-10/h2-3,6,10,14H,4-5,7-8H2,1H3,(H,15,17). The van der Waals surface area contributed by atoms with Crippen LogP contribution in [0.15, 0.2) is 18.2 Å². The van der Waals surface area contributed by atoms with E-state index in [0.717, 1.165) is 6.54 Å². The zero-order chi connectivity index (χ0) is 14.5. The van der Waals surface area contributed by atoms with Crippen molar-refractivity contribution in [1.29, 1.82) is 0 Å². The molecule has 0 spiro atoms. The summed E-state index contributed by atoms with van der Waals surface area (Å²) in [5, 5.41) is 16.7. The monoisotopic (exact) mass is 279 g/mol. The van der Waals surface area contributed by atoms with Crippen LogP contribution < -0.4 is 10.6 Å². The zero-order valence-corrected chi connectivity index (χ0v) is 11.2. The van der Waals surface area contributed by atoms with E-state index < -0.39 is 4.92 Å². The summed E-state index contributed by atoms with van der Waals surface area (Å²) in [4.78, 5) is 22.2. The Balaban J connectivity index is 1.96. The Labute approximate surface area is 116 Å². The van der Waals surface area contributed by atoms with Gasteiger partial charge in [0.15, 0.2) is 0 Å². The number of nitro groups is 1. The highest BCUT2D eigenvalue weighted by molar-refractivity contribution is 5.95. The van der Waals surface area contributed by atoms with E-state index in [4.69, 9.17) is 4.74 Å². The number of ether oxygens (including phenoxy) is 1. The van der Waals surface area contributed by atoms with Crippen LogP contribution in [-0.4, -0.2) is 43.2 Å². The van der Waals surface area contributed by atoms with Crippen LogP contribution in [-0.2, 0) is 4.74 Å². The summed E-state index contributed by atoms with van der Waals surface area (Å²) in [7, 11) is 0. The Bertz CT molecular complexity index is 512. The third-order valence-corrected chi connectivity index (χ3v) is 3.17. The summed E-state index contributed by atoms with van der Waals surface area (Å²) in [6.07, 6.45) is 0. The lowest BCUT2D eigenvalue weighted by Crippen LogP contribution is -2.48. The number of nitrogens with zero attached hydrogens (tertiary/aromatic N) is 1. The van der Waals surface area contributed by atoms with Gasteiger partial charge in [-0.25, -0.2) is 0 Å². The molecule has 1 aromatic carbocycles. The Kier molecular flexibility index (Phi) is 4.65. The molecule has 1 amide bonds. The molecule has 2 rings (SSSR count). The van der Waals surface area contributed by atoms with Gasteiger partial charge < -0.3 is 15.4 Å². The number of aryl methyl sites for hydroxylation is 1. The van der Waals surface area contributed by atoms with Gasteiger partial charge in [-0.3, -0.25) is 14.9 Å². The summed E-state index contributed by atoms with van der Waals surface area (Å²) in [6, 6.07) is 4.32. The van der Waals surface area contributed by atoms with Crippen LogP contribution in [0, 0.1) is 17.0 Å². The number of carbonyl (C=O) groups is 1. The first-order valence-electron chi connectivity index (χ1n) is 6.42. The van der Waals surface area contributed by atoms with Gasteiger partial charge in [0.05, 0.1) is 18.1 Å². The van der Waals surface area contributed by atoms with Crippen LogP contribution in [0.2, 0.25) is 0 Å². The van der Waals surface area contributed by atoms with Crippen LogP contribution in [0.3, 0.4) is 0 Å². The lowest BCUT2D eigenvalue weighted by Gasteiger charge is -2.24. The highest BCUT2D eigenvalue weighted by Gasteiger charge is 2.16. The predicted molar refractivity (Wildman–Crippen MR) is 72.8 cm³/mol. The van der Waals surface area contributed by atoms with Crippen molar-refractivity contribution in [1.82, 2.24) is 10.6 Å². The Morgan fingerprint density at radius 3 is 3.00 bits per heavy atom. The molecule has 108 valence electrons. The van der Waals surface area contributed by atoms with Crippen molar-refractivity contribution in [2.75, 3.05) is 26.3 Å². The van der Waals surface area contributed by atoms with Gasteiger partial charge in [0.1, 0.15) is 0 Å². The molecule has 1 saturated heterocycles. The molecule has 1 unspecified atom stereocenters. The van der Waals surface area contributed by atoms with Gasteiger partial charge in [0.25, 0.3) is 11.6 Å². The van der Waals surface area contributed by atoms with E-state index in [1.165, 1.54) is 18.2 Å². The Morgan fingerprint density at radius 1 is 1.60 bits per heavy atom. The largest absolute Gasteiger partial charge is 0.378 e. The summed E-state index contributed by atoms with van der Waals surface area (Å²) < 4.78 is 5.30. The fraction of sp³-hybridized carbons (Fsp3) is 0.462. The molecule has 1 heterocycles. The number of hydrogen-bond acceptors (Lipinski definition) is 5. The van der Waals surface area contributed by atoms with Gasteiger partial charge in [-0.15, -0.1) is 0 Å². The molecule has 7 nitrogen and oxygen atoms in total. The Morgan fingerprint density at radius 2 is 2.40 bits per heavy atom. The average molecular weight is 279 g/mol. The molecular formula is C13H17N3O4. The van der Waals surface area contributed by atoms with Crippen molar-refractivity contribution < 1.29 is 14.5 Å². The van der Waals surface area contributed by atoms with Crippen LogP contribution in [0.25, 0.3) is 0 Å². The molecule has 2 N–H and O–H groups in total. The van der Waals surface area contributed by atoms with E-state index in [-0.39, 0.29) is 17.6 Å². The number of nitrogens with one attached hydrogen (secondary N) is 2. The van der Waals surface area contributed by atoms with Gasteiger partial charge in [0.2, 0.25) is 0 Å². The maximum atomic E-state index is 12.0. The molecule has 1 atom stereocenters. The van der Waals surface area contributed by atoms with E-state index in [1.54, 1.807) is 6.92 Å². The fourth-order valence-electron chi connectivity index (χ4n) is 2.08. The molecule has 0 saturated carbocycles. The molecular weight excluding hydrogens is 262 g/mol. The van der Waals surface area contributed by atoms with Gasteiger partial charge in [-0.2, -0.15) is 0 Å². The first-order valence-corrected chi connectivity index (χ1v) is 6.42. The molecule has 0 radical (unpaired) electrons. The summed E-state index contributed by atoms with van der Waals surface area (Å²) in [5.74, 6) is -0.232. The molecule has 1 aliphatic heterocycles. The highest BCUT2D eigenvalue weighted by Crippen LogP contribution is 2.16. The van der Waals surface area contributed by atoms with Crippen LogP contribution in [0.1, 0.15) is 15.9 Å². The van der Waals surface area contributed by atoms with Crippen molar-refractivity contribution in [3.05, 3.63) is 39.4 Å². The number of morpholine rings is 1. The maximum Gasteiger partial charge on any atom is 0.269 e. The minimum atomic E-state index is -0.474. The van der Waals surface area contributed by atoms with Gasteiger partial charge >= 0.3 is 0 Å². The van der Waals surface area contributed by atoms with Crippen LogP contribution in [0.5, 0.6) is 0 Å². The van der Waals surface area contributed by atoms with E-state index in [2.05, 4.69) is 10.6 Å². The Hall–Kier alpha value is -1.99. The molecule has 0 bridgehead atoms. The second-order valence-corrected chi connectivity index (χ2v) is 4.69.